The van der Waals surface area contributed by atoms with E-state index in [0.717, 1.165) is 21.2 Å². The zero-order chi connectivity index (χ0) is 24.9. The Morgan fingerprint density at radius 2 is 1.79 bits per heavy atom. The quantitative estimate of drug-likeness (QED) is 0.233. The Morgan fingerprint density at radius 1 is 1.15 bits per heavy atom. The van der Waals surface area contributed by atoms with Crippen LogP contribution in [0.3, 0.4) is 0 Å². The van der Waals surface area contributed by atoms with Crippen LogP contribution in [0, 0.1) is 0 Å². The SMILES string of the molecule is CC(C)c1nc(COC=O)n(Cc2ccc(OCP(=O)(O)O)cc2)c1Sc1cc(Cl)cc(Cl)c1. The van der Waals surface area contributed by atoms with Crippen LogP contribution in [0.5, 0.6) is 5.75 Å². The van der Waals surface area contributed by atoms with Gasteiger partial charge in [0.05, 0.1) is 5.69 Å². The third-order valence-electron chi connectivity index (χ3n) is 4.57. The van der Waals surface area contributed by atoms with E-state index in [0.29, 0.717) is 34.6 Å². The summed E-state index contributed by atoms with van der Waals surface area (Å²) >= 11 is 13.8. The van der Waals surface area contributed by atoms with E-state index in [-0.39, 0.29) is 12.5 Å². The Morgan fingerprint density at radius 3 is 2.35 bits per heavy atom. The van der Waals surface area contributed by atoms with Crippen LogP contribution >= 0.6 is 42.6 Å². The number of hydrogen-bond acceptors (Lipinski definition) is 6. The van der Waals surface area contributed by atoms with Crippen LogP contribution in [0.2, 0.25) is 10.0 Å². The van der Waals surface area contributed by atoms with Crippen molar-refractivity contribution in [3.8, 4) is 5.75 Å². The molecule has 0 unspecified atom stereocenters. The zero-order valence-corrected chi connectivity index (χ0v) is 21.6. The molecule has 0 aliphatic rings. The fourth-order valence-corrected chi connectivity index (χ4v) is 5.33. The van der Waals surface area contributed by atoms with E-state index in [1.54, 1.807) is 30.3 Å². The molecule has 1 aromatic heterocycles. The van der Waals surface area contributed by atoms with Gasteiger partial charge in [-0.25, -0.2) is 4.98 Å². The number of halogens is 2. The van der Waals surface area contributed by atoms with Crippen molar-refractivity contribution >= 4 is 49.0 Å². The molecule has 34 heavy (non-hydrogen) atoms. The number of benzene rings is 2. The Bertz CT molecular complexity index is 1180. The third-order valence-corrected chi connectivity index (χ3v) is 6.56. The molecule has 1 heterocycles. The maximum atomic E-state index is 11.0. The van der Waals surface area contributed by atoms with Gasteiger partial charge in [0.15, 0.2) is 6.35 Å². The summed E-state index contributed by atoms with van der Waals surface area (Å²) in [5.41, 5.74) is 1.72. The van der Waals surface area contributed by atoms with E-state index in [9.17, 15) is 9.36 Å². The summed E-state index contributed by atoms with van der Waals surface area (Å²) in [6, 6.07) is 12.1. The van der Waals surface area contributed by atoms with Crippen molar-refractivity contribution in [1.82, 2.24) is 9.55 Å². The molecule has 0 spiro atoms. The van der Waals surface area contributed by atoms with Crippen LogP contribution in [0.1, 0.15) is 36.8 Å². The number of rotatable bonds is 11. The lowest BCUT2D eigenvalue weighted by atomic mass is 10.1. The lowest BCUT2D eigenvalue weighted by molar-refractivity contribution is -0.130. The lowest BCUT2D eigenvalue weighted by Gasteiger charge is -2.14. The second kappa shape index (κ2) is 11.6. The van der Waals surface area contributed by atoms with Crippen LogP contribution in [0.25, 0.3) is 0 Å². The van der Waals surface area contributed by atoms with E-state index in [1.807, 2.05) is 30.5 Å². The number of carbonyl (C=O) groups excluding carboxylic acids is 1. The Hall–Kier alpha value is -2.00. The maximum Gasteiger partial charge on any atom is 0.362 e. The summed E-state index contributed by atoms with van der Waals surface area (Å²) in [4.78, 5) is 34.4. The number of carbonyl (C=O) groups is 1. The van der Waals surface area contributed by atoms with Gasteiger partial charge in [-0.15, -0.1) is 0 Å². The molecule has 2 aromatic carbocycles. The molecule has 182 valence electrons. The van der Waals surface area contributed by atoms with Gasteiger partial charge in [-0.1, -0.05) is 60.9 Å². The maximum absolute atomic E-state index is 11.0. The topological polar surface area (TPSA) is 111 Å². The summed E-state index contributed by atoms with van der Waals surface area (Å²) < 4.78 is 23.1. The number of hydrogen-bond donors (Lipinski definition) is 2. The van der Waals surface area contributed by atoms with Crippen LogP contribution in [0.4, 0.5) is 0 Å². The van der Waals surface area contributed by atoms with Crippen LogP contribution in [0.15, 0.2) is 52.4 Å². The summed E-state index contributed by atoms with van der Waals surface area (Å²) in [5.74, 6) is 1.01. The van der Waals surface area contributed by atoms with E-state index in [2.05, 4.69) is 0 Å². The van der Waals surface area contributed by atoms with Crippen LogP contribution in [-0.2, 0) is 27.2 Å². The standard InChI is InChI=1S/C22H23Cl2N2O6PS/c1-14(2)21-22(34-19-8-16(23)7-17(24)9-19)26(20(25-21)11-31-12-27)10-15-3-5-18(6-4-15)32-13-33(28,29)30/h3-9,12,14H,10-11,13H2,1-2H3,(H2,28,29,30). The number of nitrogens with zero attached hydrogens (tertiary/aromatic N) is 2. The fraction of sp³-hybridized carbons (Fsp3) is 0.273. The van der Waals surface area contributed by atoms with E-state index < -0.39 is 13.9 Å². The van der Waals surface area contributed by atoms with Gasteiger partial charge in [-0.05, 0) is 41.8 Å². The van der Waals surface area contributed by atoms with Gasteiger partial charge in [0.25, 0.3) is 6.47 Å². The van der Waals surface area contributed by atoms with Gasteiger partial charge in [0.2, 0.25) is 0 Å². The molecule has 2 N–H and O–H groups in total. The normalized spacial score (nSPS) is 11.6. The summed E-state index contributed by atoms with van der Waals surface area (Å²) in [5, 5.41) is 1.89. The number of ether oxygens (including phenoxy) is 2. The predicted molar refractivity (Wildman–Crippen MR) is 131 cm³/mol. The highest BCUT2D eigenvalue weighted by Gasteiger charge is 2.22. The molecular weight excluding hydrogens is 522 g/mol. The molecule has 0 saturated carbocycles. The molecule has 0 radical (unpaired) electrons. The Kier molecular flexibility index (Phi) is 9.09. The molecule has 8 nitrogen and oxygen atoms in total. The van der Waals surface area contributed by atoms with E-state index in [1.165, 1.54) is 11.8 Å². The molecule has 0 fully saturated rings. The Balaban J connectivity index is 1.96. The molecule has 0 bridgehead atoms. The first-order valence-corrected chi connectivity index (χ1v) is 13.5. The van der Waals surface area contributed by atoms with Gasteiger partial charge in [0.1, 0.15) is 23.2 Å². The minimum absolute atomic E-state index is 0.00353. The zero-order valence-electron chi connectivity index (χ0n) is 18.4. The first-order valence-electron chi connectivity index (χ1n) is 10.1. The minimum Gasteiger partial charge on any atom is -0.481 e. The van der Waals surface area contributed by atoms with Crippen molar-refractivity contribution in [2.24, 2.45) is 0 Å². The van der Waals surface area contributed by atoms with E-state index in [4.69, 9.17) is 47.4 Å². The molecule has 3 rings (SSSR count). The number of imidazole rings is 1. The molecule has 0 saturated heterocycles. The van der Waals surface area contributed by atoms with Gasteiger partial charge >= 0.3 is 7.60 Å². The van der Waals surface area contributed by atoms with Gasteiger partial charge in [-0.2, -0.15) is 0 Å². The lowest BCUT2D eigenvalue weighted by Crippen LogP contribution is -2.08. The largest absolute Gasteiger partial charge is 0.481 e. The van der Waals surface area contributed by atoms with Crippen molar-refractivity contribution in [3.05, 3.63) is 69.6 Å². The van der Waals surface area contributed by atoms with Gasteiger partial charge < -0.3 is 23.8 Å². The van der Waals surface area contributed by atoms with Crippen molar-refractivity contribution in [2.75, 3.05) is 6.35 Å². The second-order valence-electron chi connectivity index (χ2n) is 7.66. The summed E-state index contributed by atoms with van der Waals surface area (Å²) in [7, 11) is -4.27. The molecule has 0 aliphatic heterocycles. The van der Waals surface area contributed by atoms with Crippen molar-refractivity contribution in [2.45, 2.75) is 42.8 Å². The highest BCUT2D eigenvalue weighted by Crippen LogP contribution is 2.38. The molecule has 12 heteroatoms. The highest BCUT2D eigenvalue weighted by atomic mass is 35.5. The van der Waals surface area contributed by atoms with Crippen molar-refractivity contribution in [1.29, 1.82) is 0 Å². The smallest absolute Gasteiger partial charge is 0.362 e. The van der Waals surface area contributed by atoms with Gasteiger partial charge in [0, 0.05) is 21.5 Å². The highest BCUT2D eigenvalue weighted by molar-refractivity contribution is 7.99. The average Bonchev–Trinajstić information content (AvgIpc) is 3.07. The number of aromatic nitrogens is 2. The first-order chi connectivity index (χ1) is 16.1. The third kappa shape index (κ3) is 7.50. The van der Waals surface area contributed by atoms with Crippen molar-refractivity contribution < 1.29 is 28.6 Å². The molecule has 0 aliphatic carbocycles. The monoisotopic (exact) mass is 544 g/mol. The predicted octanol–water partition coefficient (Wildman–Crippen LogP) is 5.70. The fourth-order valence-electron chi connectivity index (χ4n) is 3.10. The summed E-state index contributed by atoms with van der Waals surface area (Å²) in [6.07, 6.45) is -0.693. The Labute approximate surface area is 211 Å². The second-order valence-corrected chi connectivity index (χ2v) is 11.2. The molecular formula is C22H23Cl2N2O6PS. The minimum atomic E-state index is -4.27. The van der Waals surface area contributed by atoms with Crippen LogP contribution in [-0.4, -0.2) is 32.2 Å². The molecule has 3 aromatic rings. The molecule has 0 amide bonds. The van der Waals surface area contributed by atoms with E-state index >= 15 is 0 Å². The van der Waals surface area contributed by atoms with Crippen LogP contribution < -0.4 is 4.74 Å². The first kappa shape index (κ1) is 26.6. The summed E-state index contributed by atoms with van der Waals surface area (Å²) in [6.45, 7) is 4.85. The van der Waals surface area contributed by atoms with Gasteiger partial charge in [-0.3, -0.25) is 9.36 Å². The average molecular weight is 545 g/mol. The molecule has 0 atom stereocenters. The van der Waals surface area contributed by atoms with Crippen molar-refractivity contribution in [3.63, 3.8) is 0 Å².